The Kier molecular flexibility index (Phi) is 2.44. The van der Waals surface area contributed by atoms with E-state index >= 15 is 0 Å². The number of H-pyrrole nitrogens is 1. The van der Waals surface area contributed by atoms with Crippen molar-refractivity contribution in [3.05, 3.63) is 65.0 Å². The summed E-state index contributed by atoms with van der Waals surface area (Å²) < 4.78 is 1.79. The van der Waals surface area contributed by atoms with E-state index in [2.05, 4.69) is 10.1 Å². The molecule has 0 aliphatic rings. The highest BCUT2D eigenvalue weighted by Gasteiger charge is 2.16. The third-order valence-electron chi connectivity index (χ3n) is 3.75. The van der Waals surface area contributed by atoms with Gasteiger partial charge in [0.25, 0.3) is 5.56 Å². The van der Waals surface area contributed by atoms with Crippen LogP contribution in [0.3, 0.4) is 0 Å². The predicted octanol–water partition coefficient (Wildman–Crippen LogP) is 3.08. The topological polar surface area (TPSA) is 50.7 Å². The summed E-state index contributed by atoms with van der Waals surface area (Å²) in [5.41, 5.74) is 3.27. The zero-order valence-electron chi connectivity index (χ0n) is 11.5. The molecule has 4 nitrogen and oxygen atoms in total. The second kappa shape index (κ2) is 4.31. The molecule has 4 rings (SSSR count). The minimum absolute atomic E-state index is 0.101. The number of benzene rings is 2. The van der Waals surface area contributed by atoms with Crippen LogP contribution in [0.15, 0.2) is 59.4 Å². The van der Waals surface area contributed by atoms with Gasteiger partial charge in [0.2, 0.25) is 0 Å². The van der Waals surface area contributed by atoms with E-state index in [-0.39, 0.29) is 5.56 Å². The summed E-state index contributed by atoms with van der Waals surface area (Å²) in [6.07, 6.45) is 0. The number of para-hydroxylation sites is 1. The standard InChI is InChI=1S/C17H13N3O/c1-20-16-12-9-5-6-10-13(12)18-17(21)14(16)15(19-20)11-7-3-2-4-8-11/h2-10H,1H3,(H,18,21). The molecule has 0 atom stereocenters. The van der Waals surface area contributed by atoms with Gasteiger partial charge in [0.05, 0.1) is 16.4 Å². The summed E-state index contributed by atoms with van der Waals surface area (Å²) in [5, 5.41) is 6.21. The second-order valence-corrected chi connectivity index (χ2v) is 5.06. The van der Waals surface area contributed by atoms with Gasteiger partial charge in [-0.3, -0.25) is 9.48 Å². The maximum atomic E-state index is 12.5. The molecule has 0 fully saturated rings. The van der Waals surface area contributed by atoms with Gasteiger partial charge in [0.1, 0.15) is 5.69 Å². The highest BCUT2D eigenvalue weighted by Crippen LogP contribution is 2.28. The lowest BCUT2D eigenvalue weighted by atomic mass is 10.1. The molecule has 0 saturated carbocycles. The first-order valence-corrected chi connectivity index (χ1v) is 6.79. The molecule has 2 heterocycles. The Morgan fingerprint density at radius 1 is 1.00 bits per heavy atom. The highest BCUT2D eigenvalue weighted by atomic mass is 16.1. The van der Waals surface area contributed by atoms with Crippen LogP contribution >= 0.6 is 0 Å². The van der Waals surface area contributed by atoms with E-state index in [4.69, 9.17) is 0 Å². The average molecular weight is 275 g/mol. The number of hydrogen-bond acceptors (Lipinski definition) is 2. The molecule has 2 aromatic heterocycles. The first kappa shape index (κ1) is 11.9. The molecular formula is C17H13N3O. The van der Waals surface area contributed by atoms with Gasteiger partial charge < -0.3 is 4.98 Å². The summed E-state index contributed by atoms with van der Waals surface area (Å²) in [5.74, 6) is 0. The van der Waals surface area contributed by atoms with Crippen LogP contribution in [0.2, 0.25) is 0 Å². The zero-order valence-corrected chi connectivity index (χ0v) is 11.5. The van der Waals surface area contributed by atoms with Crippen LogP contribution in [0.1, 0.15) is 0 Å². The van der Waals surface area contributed by atoms with Gasteiger partial charge in [-0.15, -0.1) is 0 Å². The number of nitrogens with zero attached hydrogens (tertiary/aromatic N) is 2. The van der Waals surface area contributed by atoms with E-state index in [1.54, 1.807) is 4.68 Å². The van der Waals surface area contributed by atoms with Gasteiger partial charge in [0, 0.05) is 18.0 Å². The fraction of sp³-hybridized carbons (Fsp3) is 0.0588. The first-order valence-electron chi connectivity index (χ1n) is 6.79. The van der Waals surface area contributed by atoms with Crippen molar-refractivity contribution in [3.8, 4) is 11.3 Å². The number of aryl methyl sites for hydroxylation is 1. The van der Waals surface area contributed by atoms with Crippen molar-refractivity contribution < 1.29 is 0 Å². The van der Waals surface area contributed by atoms with Crippen LogP contribution < -0.4 is 5.56 Å². The first-order chi connectivity index (χ1) is 10.3. The Morgan fingerprint density at radius 2 is 1.71 bits per heavy atom. The largest absolute Gasteiger partial charge is 0.321 e. The number of fused-ring (bicyclic) bond motifs is 3. The highest BCUT2D eigenvalue weighted by molar-refractivity contribution is 6.07. The SMILES string of the molecule is Cn1nc(-c2ccccc2)c2c(=O)[nH]c3ccccc3c21. The zero-order chi connectivity index (χ0) is 14.4. The molecular weight excluding hydrogens is 262 g/mol. The normalized spacial score (nSPS) is 11.3. The summed E-state index contributed by atoms with van der Waals surface area (Å²) in [4.78, 5) is 15.4. The Balaban J connectivity index is 2.22. The molecule has 0 unspecified atom stereocenters. The quantitative estimate of drug-likeness (QED) is 0.580. The summed E-state index contributed by atoms with van der Waals surface area (Å²) in [6, 6.07) is 17.6. The van der Waals surface area contributed by atoms with Gasteiger partial charge in [-0.05, 0) is 6.07 Å². The molecule has 0 aliphatic heterocycles. The third kappa shape index (κ3) is 1.69. The summed E-state index contributed by atoms with van der Waals surface area (Å²) in [7, 11) is 1.88. The van der Waals surface area contributed by atoms with E-state index < -0.39 is 0 Å². The van der Waals surface area contributed by atoms with Crippen molar-refractivity contribution >= 4 is 21.8 Å². The van der Waals surface area contributed by atoms with E-state index in [0.717, 1.165) is 27.7 Å². The fourth-order valence-corrected chi connectivity index (χ4v) is 2.83. The van der Waals surface area contributed by atoms with Crippen LogP contribution in [0.4, 0.5) is 0 Å². The lowest BCUT2D eigenvalue weighted by molar-refractivity contribution is 0.803. The molecule has 0 spiro atoms. The third-order valence-corrected chi connectivity index (χ3v) is 3.75. The van der Waals surface area contributed by atoms with Crippen LogP contribution in [-0.2, 0) is 7.05 Å². The molecule has 0 saturated heterocycles. The molecule has 102 valence electrons. The smallest absolute Gasteiger partial charge is 0.260 e. The summed E-state index contributed by atoms with van der Waals surface area (Å²) in [6.45, 7) is 0. The van der Waals surface area contributed by atoms with Crippen LogP contribution in [0.5, 0.6) is 0 Å². The molecule has 4 heteroatoms. The number of hydrogen-bond donors (Lipinski definition) is 1. The molecule has 1 N–H and O–H groups in total. The molecule has 2 aromatic carbocycles. The lowest BCUT2D eigenvalue weighted by Crippen LogP contribution is -2.06. The van der Waals surface area contributed by atoms with Crippen molar-refractivity contribution in [1.82, 2.24) is 14.8 Å². The van der Waals surface area contributed by atoms with Crippen molar-refractivity contribution in [2.24, 2.45) is 7.05 Å². The molecule has 0 bridgehead atoms. The number of aromatic nitrogens is 3. The molecule has 0 radical (unpaired) electrons. The van der Waals surface area contributed by atoms with E-state index in [0.29, 0.717) is 5.39 Å². The minimum Gasteiger partial charge on any atom is -0.321 e. The molecule has 21 heavy (non-hydrogen) atoms. The number of pyridine rings is 1. The van der Waals surface area contributed by atoms with Crippen LogP contribution in [-0.4, -0.2) is 14.8 Å². The monoisotopic (exact) mass is 275 g/mol. The minimum atomic E-state index is -0.101. The number of nitrogens with one attached hydrogen (secondary N) is 1. The van der Waals surface area contributed by atoms with Crippen LogP contribution in [0.25, 0.3) is 33.1 Å². The number of rotatable bonds is 1. The Labute approximate surface area is 120 Å². The van der Waals surface area contributed by atoms with Crippen molar-refractivity contribution in [2.75, 3.05) is 0 Å². The second-order valence-electron chi connectivity index (χ2n) is 5.06. The maximum Gasteiger partial charge on any atom is 0.260 e. The van der Waals surface area contributed by atoms with Gasteiger partial charge >= 0.3 is 0 Å². The summed E-state index contributed by atoms with van der Waals surface area (Å²) >= 11 is 0. The Hall–Kier alpha value is -2.88. The van der Waals surface area contributed by atoms with Crippen molar-refractivity contribution in [1.29, 1.82) is 0 Å². The Morgan fingerprint density at radius 3 is 2.52 bits per heavy atom. The van der Waals surface area contributed by atoms with Crippen LogP contribution in [0, 0.1) is 0 Å². The van der Waals surface area contributed by atoms with Gasteiger partial charge in [-0.2, -0.15) is 5.10 Å². The van der Waals surface area contributed by atoms with E-state index in [9.17, 15) is 4.79 Å². The maximum absolute atomic E-state index is 12.5. The number of aromatic amines is 1. The van der Waals surface area contributed by atoms with Gasteiger partial charge in [-0.1, -0.05) is 48.5 Å². The van der Waals surface area contributed by atoms with Gasteiger partial charge in [-0.25, -0.2) is 0 Å². The average Bonchev–Trinajstić information content (AvgIpc) is 2.87. The predicted molar refractivity (Wildman–Crippen MR) is 84.3 cm³/mol. The van der Waals surface area contributed by atoms with Crippen molar-refractivity contribution in [2.45, 2.75) is 0 Å². The molecule has 0 amide bonds. The van der Waals surface area contributed by atoms with Crippen molar-refractivity contribution in [3.63, 3.8) is 0 Å². The Bertz CT molecular complexity index is 1010. The molecule has 0 aliphatic carbocycles. The molecule has 4 aromatic rings. The van der Waals surface area contributed by atoms with E-state index in [1.165, 1.54) is 0 Å². The van der Waals surface area contributed by atoms with Gasteiger partial charge in [0.15, 0.2) is 0 Å². The fourth-order valence-electron chi connectivity index (χ4n) is 2.83. The van der Waals surface area contributed by atoms with E-state index in [1.807, 2.05) is 61.6 Å². The lowest BCUT2D eigenvalue weighted by Gasteiger charge is -2.01.